The van der Waals surface area contributed by atoms with Crippen molar-refractivity contribution in [2.45, 2.75) is 25.1 Å². The van der Waals surface area contributed by atoms with E-state index in [1.54, 1.807) is 0 Å². The first kappa shape index (κ1) is 17.7. The lowest BCUT2D eigenvalue weighted by atomic mass is 10.1. The van der Waals surface area contributed by atoms with Crippen LogP contribution in [-0.2, 0) is 10.9 Å². The molecule has 0 radical (unpaired) electrons. The molecular weight excluding hydrogens is 361 g/mol. The van der Waals surface area contributed by atoms with E-state index in [0.717, 1.165) is 0 Å². The monoisotopic (exact) mass is 376 g/mol. The van der Waals surface area contributed by atoms with Crippen LogP contribution in [0, 0.1) is 0 Å². The number of halogens is 4. The van der Waals surface area contributed by atoms with Crippen LogP contribution in [0.3, 0.4) is 0 Å². The molecule has 0 aliphatic carbocycles. The predicted octanol–water partition coefficient (Wildman–Crippen LogP) is 2.99. The van der Waals surface area contributed by atoms with E-state index in [1.807, 2.05) is 0 Å². The maximum Gasteiger partial charge on any atom is 0.422 e. The molecule has 2 aromatic rings. The van der Waals surface area contributed by atoms with Crippen molar-refractivity contribution in [3.8, 4) is 11.3 Å². The zero-order chi connectivity index (χ0) is 18.2. The largest absolute Gasteiger partial charge is 0.422 e. The lowest BCUT2D eigenvalue weighted by molar-refractivity contribution is -0.136. The first-order chi connectivity index (χ1) is 11.8. The highest BCUT2D eigenvalue weighted by molar-refractivity contribution is 6.32. The van der Waals surface area contributed by atoms with Crippen molar-refractivity contribution >= 4 is 23.4 Å². The minimum absolute atomic E-state index is 0.0349. The van der Waals surface area contributed by atoms with Gasteiger partial charge in [-0.2, -0.15) is 23.3 Å². The molecule has 11 heteroatoms. The fraction of sp³-hybridized carbons (Fsp3) is 0.500. The molecule has 1 aliphatic heterocycles. The van der Waals surface area contributed by atoms with E-state index in [0.29, 0.717) is 26.1 Å². The average molecular weight is 377 g/mol. The van der Waals surface area contributed by atoms with Crippen molar-refractivity contribution in [1.29, 1.82) is 0 Å². The van der Waals surface area contributed by atoms with Gasteiger partial charge in [0.2, 0.25) is 5.95 Å². The van der Waals surface area contributed by atoms with Gasteiger partial charge in [0.25, 0.3) is 0 Å². The first-order valence-corrected chi connectivity index (χ1v) is 7.94. The van der Waals surface area contributed by atoms with E-state index >= 15 is 0 Å². The number of rotatable bonds is 3. The Morgan fingerprint density at radius 2 is 2.00 bits per heavy atom. The van der Waals surface area contributed by atoms with Gasteiger partial charge in [-0.25, -0.2) is 4.98 Å². The molecule has 2 aromatic heterocycles. The van der Waals surface area contributed by atoms with Crippen LogP contribution in [0.2, 0.25) is 5.15 Å². The molecule has 25 heavy (non-hydrogen) atoms. The summed E-state index contributed by atoms with van der Waals surface area (Å²) in [5, 5.41) is 6.65. The molecule has 0 atom stereocenters. The van der Waals surface area contributed by atoms with Gasteiger partial charge in [0.05, 0.1) is 23.5 Å². The maximum absolute atomic E-state index is 13.6. The molecule has 0 bridgehead atoms. The van der Waals surface area contributed by atoms with Crippen LogP contribution >= 0.6 is 11.6 Å². The smallest absolute Gasteiger partial charge is 0.381 e. The fourth-order valence-electron chi connectivity index (χ4n) is 2.81. The standard InChI is InChI=1S/C14H16ClF3N6O/c1-20-12-9(14(16,17)18)10(22-13(19)23-12)8-6-21-24(11(8)15)7-2-4-25-5-3-7/h6-7H,2-5H2,1H3,(H3,19,20,22,23). The van der Waals surface area contributed by atoms with Gasteiger partial charge in [0.15, 0.2) is 0 Å². The van der Waals surface area contributed by atoms with Crippen LogP contribution in [0.1, 0.15) is 24.4 Å². The van der Waals surface area contributed by atoms with Crippen molar-refractivity contribution in [2.24, 2.45) is 0 Å². The summed E-state index contributed by atoms with van der Waals surface area (Å²) >= 11 is 6.33. The number of ether oxygens (including phenoxy) is 1. The summed E-state index contributed by atoms with van der Waals surface area (Å²) < 4.78 is 47.5. The zero-order valence-corrected chi connectivity index (χ0v) is 14.0. The Morgan fingerprint density at radius 1 is 1.32 bits per heavy atom. The second kappa shape index (κ2) is 6.68. The molecule has 136 valence electrons. The van der Waals surface area contributed by atoms with Crippen molar-refractivity contribution in [2.75, 3.05) is 31.3 Å². The van der Waals surface area contributed by atoms with Crippen molar-refractivity contribution in [1.82, 2.24) is 19.7 Å². The number of nitrogens with two attached hydrogens (primary N) is 1. The Labute approximate surface area is 146 Å². The number of nitrogens with one attached hydrogen (secondary N) is 1. The predicted molar refractivity (Wildman–Crippen MR) is 86.3 cm³/mol. The Hall–Kier alpha value is -2.07. The van der Waals surface area contributed by atoms with Gasteiger partial charge < -0.3 is 15.8 Å². The molecule has 3 heterocycles. The second-order valence-electron chi connectivity index (χ2n) is 5.54. The van der Waals surface area contributed by atoms with E-state index in [1.165, 1.54) is 17.9 Å². The summed E-state index contributed by atoms with van der Waals surface area (Å²) in [6.45, 7) is 1.10. The number of hydrogen-bond donors (Lipinski definition) is 2. The molecule has 0 amide bonds. The Morgan fingerprint density at radius 3 is 2.60 bits per heavy atom. The fourth-order valence-corrected chi connectivity index (χ4v) is 3.13. The Balaban J connectivity index is 2.13. The third-order valence-corrected chi connectivity index (χ3v) is 4.35. The van der Waals surface area contributed by atoms with Crippen LogP contribution in [0.5, 0.6) is 0 Å². The number of nitrogens with zero attached hydrogens (tertiary/aromatic N) is 4. The number of nitrogen functional groups attached to an aromatic ring is 1. The van der Waals surface area contributed by atoms with E-state index in [2.05, 4.69) is 20.4 Å². The van der Waals surface area contributed by atoms with Crippen molar-refractivity contribution in [3.05, 3.63) is 16.9 Å². The van der Waals surface area contributed by atoms with Gasteiger partial charge in [-0.1, -0.05) is 11.6 Å². The van der Waals surface area contributed by atoms with Crippen LogP contribution in [0.4, 0.5) is 24.9 Å². The van der Waals surface area contributed by atoms with Crippen LogP contribution in [-0.4, -0.2) is 40.0 Å². The summed E-state index contributed by atoms with van der Waals surface area (Å²) in [5.41, 5.74) is 4.20. The third-order valence-electron chi connectivity index (χ3n) is 3.97. The topological polar surface area (TPSA) is 90.9 Å². The highest BCUT2D eigenvalue weighted by Crippen LogP contribution is 2.42. The second-order valence-corrected chi connectivity index (χ2v) is 5.90. The maximum atomic E-state index is 13.6. The normalized spacial score (nSPS) is 16.2. The van der Waals surface area contributed by atoms with E-state index in [-0.39, 0.29) is 22.7 Å². The van der Waals surface area contributed by atoms with E-state index in [4.69, 9.17) is 22.1 Å². The van der Waals surface area contributed by atoms with Gasteiger partial charge in [-0.05, 0) is 12.8 Å². The van der Waals surface area contributed by atoms with E-state index in [9.17, 15) is 13.2 Å². The minimum atomic E-state index is -4.69. The molecule has 3 rings (SSSR count). The summed E-state index contributed by atoms with van der Waals surface area (Å²) in [7, 11) is 1.33. The first-order valence-electron chi connectivity index (χ1n) is 7.56. The Kier molecular flexibility index (Phi) is 4.74. The molecule has 3 N–H and O–H groups in total. The van der Waals surface area contributed by atoms with Gasteiger partial charge in [0, 0.05) is 20.3 Å². The lowest BCUT2D eigenvalue weighted by Gasteiger charge is -2.23. The molecule has 0 unspecified atom stereocenters. The molecule has 0 saturated carbocycles. The summed E-state index contributed by atoms with van der Waals surface area (Å²) in [5.74, 6) is -0.702. The summed E-state index contributed by atoms with van der Waals surface area (Å²) in [4.78, 5) is 7.40. The average Bonchev–Trinajstić information content (AvgIpc) is 2.95. The Bertz CT molecular complexity index is 773. The zero-order valence-electron chi connectivity index (χ0n) is 13.3. The highest BCUT2D eigenvalue weighted by atomic mass is 35.5. The molecular formula is C14H16ClF3N6O. The van der Waals surface area contributed by atoms with Gasteiger partial charge in [-0.3, -0.25) is 4.68 Å². The van der Waals surface area contributed by atoms with E-state index < -0.39 is 23.3 Å². The van der Waals surface area contributed by atoms with Gasteiger partial charge >= 0.3 is 6.18 Å². The number of alkyl halides is 3. The van der Waals surface area contributed by atoms with Gasteiger partial charge in [0.1, 0.15) is 16.5 Å². The quantitative estimate of drug-likeness (QED) is 0.855. The van der Waals surface area contributed by atoms with Crippen molar-refractivity contribution < 1.29 is 17.9 Å². The molecule has 1 fully saturated rings. The molecule has 1 aliphatic rings. The molecule has 7 nitrogen and oxygen atoms in total. The molecule has 0 spiro atoms. The molecule has 0 aromatic carbocycles. The number of hydrogen-bond acceptors (Lipinski definition) is 6. The summed E-state index contributed by atoms with van der Waals surface area (Å²) in [6, 6.07) is -0.0349. The number of anilines is 2. The highest BCUT2D eigenvalue weighted by Gasteiger charge is 2.40. The van der Waals surface area contributed by atoms with Crippen LogP contribution in [0.25, 0.3) is 11.3 Å². The summed E-state index contributed by atoms with van der Waals surface area (Å²) in [6.07, 6.45) is -2.05. The lowest BCUT2D eigenvalue weighted by Crippen LogP contribution is -2.20. The van der Waals surface area contributed by atoms with Crippen LogP contribution in [0.15, 0.2) is 6.20 Å². The molecule has 1 saturated heterocycles. The van der Waals surface area contributed by atoms with Crippen LogP contribution < -0.4 is 11.1 Å². The van der Waals surface area contributed by atoms with Gasteiger partial charge in [-0.15, -0.1) is 0 Å². The minimum Gasteiger partial charge on any atom is -0.381 e. The SMILES string of the molecule is CNc1nc(N)nc(-c2cnn(C3CCOCC3)c2Cl)c1C(F)(F)F. The third kappa shape index (κ3) is 3.36. The number of aromatic nitrogens is 4. The van der Waals surface area contributed by atoms with Crippen molar-refractivity contribution in [3.63, 3.8) is 0 Å².